The van der Waals surface area contributed by atoms with Crippen LogP contribution in [0.5, 0.6) is 0 Å². The van der Waals surface area contributed by atoms with E-state index in [-0.39, 0.29) is 5.82 Å². The van der Waals surface area contributed by atoms with Crippen molar-refractivity contribution in [1.82, 2.24) is 0 Å². The van der Waals surface area contributed by atoms with Gasteiger partial charge in [-0.2, -0.15) is 0 Å². The normalized spacial score (nSPS) is 21.5. The van der Waals surface area contributed by atoms with Gasteiger partial charge in [-0.3, -0.25) is 4.79 Å². The van der Waals surface area contributed by atoms with Crippen LogP contribution in [0.4, 0.5) is 10.1 Å². The maximum Gasteiger partial charge on any atom is 0.314 e. The number of carboxylic acids is 1. The van der Waals surface area contributed by atoms with E-state index in [9.17, 15) is 14.3 Å². The first-order valence-electron chi connectivity index (χ1n) is 7.50. The van der Waals surface area contributed by atoms with Gasteiger partial charge in [0.05, 0.1) is 24.3 Å². The van der Waals surface area contributed by atoms with Crippen LogP contribution in [0.1, 0.15) is 31.2 Å². The van der Waals surface area contributed by atoms with Crippen molar-refractivity contribution < 1.29 is 19.0 Å². The second-order valence-corrected chi connectivity index (χ2v) is 5.86. The maximum absolute atomic E-state index is 14.4. The van der Waals surface area contributed by atoms with Gasteiger partial charge in [-0.25, -0.2) is 4.39 Å². The van der Waals surface area contributed by atoms with Crippen LogP contribution in [0.3, 0.4) is 0 Å². The van der Waals surface area contributed by atoms with Crippen LogP contribution < -0.4 is 4.90 Å². The largest absolute Gasteiger partial charge is 0.481 e. The zero-order valence-corrected chi connectivity index (χ0v) is 12.0. The zero-order chi connectivity index (χ0) is 14.9. The highest BCUT2D eigenvalue weighted by atomic mass is 19.1. The molecule has 0 amide bonds. The topological polar surface area (TPSA) is 49.8 Å². The third-order valence-corrected chi connectivity index (χ3v) is 4.72. The highest BCUT2D eigenvalue weighted by molar-refractivity contribution is 5.82. The van der Waals surface area contributed by atoms with Gasteiger partial charge in [0.2, 0.25) is 0 Å². The highest BCUT2D eigenvalue weighted by Gasteiger charge is 2.43. The van der Waals surface area contributed by atoms with E-state index >= 15 is 0 Å². The lowest BCUT2D eigenvalue weighted by molar-refractivity contribution is -0.143. The molecule has 4 nitrogen and oxygen atoms in total. The summed E-state index contributed by atoms with van der Waals surface area (Å²) in [5.41, 5.74) is 0.243. The molecule has 114 valence electrons. The molecule has 1 aliphatic carbocycles. The first-order chi connectivity index (χ1) is 10.1. The van der Waals surface area contributed by atoms with E-state index in [0.29, 0.717) is 50.4 Å². The van der Waals surface area contributed by atoms with Crippen LogP contribution in [-0.2, 0) is 14.9 Å². The minimum atomic E-state index is -0.898. The first kappa shape index (κ1) is 14.3. The Labute approximate surface area is 123 Å². The predicted octanol–water partition coefficient (Wildman–Crippen LogP) is 2.56. The van der Waals surface area contributed by atoms with Crippen molar-refractivity contribution in [2.45, 2.75) is 31.1 Å². The Morgan fingerprint density at radius 1 is 1.24 bits per heavy atom. The lowest BCUT2D eigenvalue weighted by atomic mass is 9.79. The number of morpholine rings is 1. The average Bonchev–Trinajstić information content (AvgIpc) is 2.99. The summed E-state index contributed by atoms with van der Waals surface area (Å²) < 4.78 is 19.7. The number of carbonyl (C=O) groups is 1. The number of hydrogen-bond donors (Lipinski definition) is 1. The van der Waals surface area contributed by atoms with Gasteiger partial charge in [0.15, 0.2) is 0 Å². The van der Waals surface area contributed by atoms with Crippen LogP contribution in [0.15, 0.2) is 18.2 Å². The Bertz CT molecular complexity index is 534. The van der Waals surface area contributed by atoms with Gasteiger partial charge in [0.1, 0.15) is 5.82 Å². The van der Waals surface area contributed by atoms with Crippen LogP contribution in [0.25, 0.3) is 0 Å². The molecule has 1 aromatic rings. The van der Waals surface area contributed by atoms with E-state index in [2.05, 4.69) is 0 Å². The Morgan fingerprint density at radius 2 is 1.90 bits per heavy atom. The summed E-state index contributed by atoms with van der Waals surface area (Å²) in [6.07, 6.45) is 2.97. The Hall–Kier alpha value is -1.62. The number of halogens is 1. The minimum absolute atomic E-state index is 0.332. The third kappa shape index (κ3) is 2.50. The fourth-order valence-corrected chi connectivity index (χ4v) is 3.47. The Morgan fingerprint density at radius 3 is 2.48 bits per heavy atom. The molecule has 0 aromatic heterocycles. The maximum atomic E-state index is 14.4. The predicted molar refractivity (Wildman–Crippen MR) is 77.2 cm³/mol. The Balaban J connectivity index is 1.91. The molecule has 3 rings (SSSR count). The van der Waals surface area contributed by atoms with Crippen LogP contribution >= 0.6 is 0 Å². The molecule has 1 aromatic carbocycles. The fourth-order valence-electron chi connectivity index (χ4n) is 3.47. The molecular formula is C16H20FNO3. The molecular weight excluding hydrogens is 273 g/mol. The summed E-state index contributed by atoms with van der Waals surface area (Å²) in [7, 11) is 0. The molecule has 21 heavy (non-hydrogen) atoms. The molecule has 5 heteroatoms. The highest BCUT2D eigenvalue weighted by Crippen LogP contribution is 2.42. The quantitative estimate of drug-likeness (QED) is 0.930. The molecule has 2 aliphatic rings. The van der Waals surface area contributed by atoms with E-state index in [1.54, 1.807) is 12.1 Å². The molecule has 1 aliphatic heterocycles. The van der Waals surface area contributed by atoms with Crippen molar-refractivity contribution in [3.05, 3.63) is 29.6 Å². The molecule has 0 bridgehead atoms. The summed E-state index contributed by atoms with van der Waals surface area (Å²) in [5, 5.41) is 9.58. The molecule has 1 heterocycles. The van der Waals surface area contributed by atoms with E-state index in [0.717, 1.165) is 12.8 Å². The summed E-state index contributed by atoms with van der Waals surface area (Å²) in [4.78, 5) is 13.6. The number of carboxylic acid groups (broad SMARTS) is 1. The molecule has 0 atom stereocenters. The van der Waals surface area contributed by atoms with Crippen molar-refractivity contribution >= 4 is 11.7 Å². The number of ether oxygens (including phenoxy) is 1. The van der Waals surface area contributed by atoms with Crippen molar-refractivity contribution in [3.63, 3.8) is 0 Å². The van der Waals surface area contributed by atoms with Gasteiger partial charge in [-0.1, -0.05) is 18.9 Å². The summed E-state index contributed by atoms with van der Waals surface area (Å²) in [6.45, 7) is 2.53. The summed E-state index contributed by atoms with van der Waals surface area (Å²) in [6, 6.07) is 4.93. The number of nitrogens with zero attached hydrogens (tertiary/aromatic N) is 1. The molecule has 1 saturated carbocycles. The number of benzene rings is 1. The summed E-state index contributed by atoms with van der Waals surface area (Å²) >= 11 is 0. The van der Waals surface area contributed by atoms with Gasteiger partial charge in [0.25, 0.3) is 0 Å². The minimum Gasteiger partial charge on any atom is -0.481 e. The number of aliphatic carboxylic acids is 1. The van der Waals surface area contributed by atoms with Gasteiger partial charge in [-0.05, 0) is 30.5 Å². The van der Waals surface area contributed by atoms with Crippen LogP contribution in [0.2, 0.25) is 0 Å². The molecule has 0 spiro atoms. The lowest BCUT2D eigenvalue weighted by Crippen LogP contribution is -2.37. The molecule has 1 saturated heterocycles. The number of anilines is 1. The van der Waals surface area contributed by atoms with Gasteiger partial charge in [0, 0.05) is 13.1 Å². The smallest absolute Gasteiger partial charge is 0.314 e. The monoisotopic (exact) mass is 293 g/mol. The average molecular weight is 293 g/mol. The first-order valence-corrected chi connectivity index (χ1v) is 7.50. The van der Waals surface area contributed by atoms with E-state index in [1.165, 1.54) is 6.07 Å². The standard InChI is InChI=1S/C16H20FNO3/c17-13-11-12(16(15(19)20)5-1-2-6-16)3-4-14(13)18-7-9-21-10-8-18/h3-4,11H,1-2,5-10H2,(H,19,20). The molecule has 0 radical (unpaired) electrons. The lowest BCUT2D eigenvalue weighted by Gasteiger charge is -2.30. The van der Waals surface area contributed by atoms with Gasteiger partial charge >= 0.3 is 5.97 Å². The number of hydrogen-bond acceptors (Lipinski definition) is 3. The van der Waals surface area contributed by atoms with Crippen molar-refractivity contribution in [3.8, 4) is 0 Å². The van der Waals surface area contributed by atoms with Crippen LogP contribution in [0, 0.1) is 5.82 Å². The molecule has 1 N–H and O–H groups in total. The second kappa shape index (κ2) is 5.64. The summed E-state index contributed by atoms with van der Waals surface area (Å²) in [5.74, 6) is -1.17. The third-order valence-electron chi connectivity index (χ3n) is 4.72. The molecule has 2 fully saturated rings. The van der Waals surface area contributed by atoms with E-state index in [4.69, 9.17) is 4.74 Å². The van der Waals surface area contributed by atoms with Crippen LogP contribution in [-0.4, -0.2) is 37.4 Å². The van der Waals surface area contributed by atoms with E-state index < -0.39 is 11.4 Å². The SMILES string of the molecule is O=C(O)C1(c2ccc(N3CCOCC3)c(F)c2)CCCC1. The fraction of sp³-hybridized carbons (Fsp3) is 0.562. The van der Waals surface area contributed by atoms with E-state index in [1.807, 2.05) is 4.90 Å². The van der Waals surface area contributed by atoms with Crippen molar-refractivity contribution in [2.24, 2.45) is 0 Å². The molecule has 0 unspecified atom stereocenters. The van der Waals surface area contributed by atoms with Crippen molar-refractivity contribution in [1.29, 1.82) is 0 Å². The van der Waals surface area contributed by atoms with Gasteiger partial charge in [-0.15, -0.1) is 0 Å². The number of rotatable bonds is 3. The Kier molecular flexibility index (Phi) is 3.85. The van der Waals surface area contributed by atoms with Crippen molar-refractivity contribution in [2.75, 3.05) is 31.2 Å². The zero-order valence-electron chi connectivity index (χ0n) is 12.0. The van der Waals surface area contributed by atoms with Gasteiger partial charge < -0.3 is 14.7 Å². The second-order valence-electron chi connectivity index (χ2n) is 5.86.